The minimum atomic E-state index is 0.593. The number of benzene rings is 1. The van der Waals surface area contributed by atoms with Crippen LogP contribution in [0.2, 0.25) is 0 Å². The highest BCUT2D eigenvalue weighted by molar-refractivity contribution is 5.54. The Labute approximate surface area is 105 Å². The summed E-state index contributed by atoms with van der Waals surface area (Å²) in [6, 6.07) is 8.79. The predicted octanol–water partition coefficient (Wildman–Crippen LogP) is 2.86. The molecule has 1 aromatic rings. The smallest absolute Gasteiger partial charge is 0.0398 e. The van der Waals surface area contributed by atoms with Crippen molar-refractivity contribution in [3.8, 4) is 0 Å². The van der Waals surface area contributed by atoms with Crippen LogP contribution in [-0.4, -0.2) is 26.7 Å². The van der Waals surface area contributed by atoms with Crippen molar-refractivity contribution in [3.05, 3.63) is 29.8 Å². The summed E-state index contributed by atoms with van der Waals surface area (Å²) in [6.45, 7) is 8.06. The molecule has 0 amide bonds. The van der Waals surface area contributed by atoms with Gasteiger partial charge < -0.3 is 10.2 Å². The molecule has 0 aliphatic carbocycles. The molecule has 2 heteroatoms. The standard InChI is InChI=1S/C15H24N2/c1-12(2)14-6-4-5-7-15(14)17(3)11-13-8-9-16-10-13/h4-7,12-13,16H,8-11H2,1-3H3. The second-order valence-corrected chi connectivity index (χ2v) is 5.45. The van der Waals surface area contributed by atoms with Gasteiger partial charge in [-0.3, -0.25) is 0 Å². The minimum absolute atomic E-state index is 0.593. The molecule has 94 valence electrons. The first-order valence-electron chi connectivity index (χ1n) is 6.69. The molecular weight excluding hydrogens is 208 g/mol. The Balaban J connectivity index is 2.09. The number of rotatable bonds is 4. The maximum atomic E-state index is 3.44. The van der Waals surface area contributed by atoms with E-state index < -0.39 is 0 Å². The van der Waals surface area contributed by atoms with Crippen LogP contribution in [0.4, 0.5) is 5.69 Å². The first-order valence-corrected chi connectivity index (χ1v) is 6.69. The molecule has 0 spiro atoms. The summed E-state index contributed by atoms with van der Waals surface area (Å²) in [4.78, 5) is 2.42. The highest BCUT2D eigenvalue weighted by Crippen LogP contribution is 2.27. The Kier molecular flexibility index (Phi) is 4.06. The molecular formula is C15H24N2. The summed E-state index contributed by atoms with van der Waals surface area (Å²) in [5.74, 6) is 1.40. The lowest BCUT2D eigenvalue weighted by molar-refractivity contribution is 0.577. The largest absolute Gasteiger partial charge is 0.374 e. The van der Waals surface area contributed by atoms with E-state index in [1.807, 2.05) is 0 Å². The first-order chi connectivity index (χ1) is 8.18. The van der Waals surface area contributed by atoms with E-state index in [0.717, 1.165) is 12.5 Å². The molecule has 2 rings (SSSR count). The topological polar surface area (TPSA) is 15.3 Å². The van der Waals surface area contributed by atoms with Crippen molar-refractivity contribution in [3.63, 3.8) is 0 Å². The number of nitrogens with one attached hydrogen (secondary N) is 1. The van der Waals surface area contributed by atoms with Crippen molar-refractivity contribution in [2.75, 3.05) is 31.6 Å². The van der Waals surface area contributed by atoms with Crippen LogP contribution < -0.4 is 10.2 Å². The Morgan fingerprint density at radius 3 is 2.76 bits per heavy atom. The zero-order valence-corrected chi connectivity index (χ0v) is 11.2. The van der Waals surface area contributed by atoms with Gasteiger partial charge in [-0.05, 0) is 43.0 Å². The molecule has 1 saturated heterocycles. The van der Waals surface area contributed by atoms with Gasteiger partial charge in [0.2, 0.25) is 0 Å². The van der Waals surface area contributed by atoms with Gasteiger partial charge in [0.05, 0.1) is 0 Å². The van der Waals surface area contributed by atoms with E-state index in [-0.39, 0.29) is 0 Å². The molecule has 0 bridgehead atoms. The summed E-state index contributed by atoms with van der Waals surface area (Å²) in [5.41, 5.74) is 2.86. The lowest BCUT2D eigenvalue weighted by Gasteiger charge is -2.26. The average Bonchev–Trinajstić information content (AvgIpc) is 2.81. The van der Waals surface area contributed by atoms with Crippen LogP contribution in [0.15, 0.2) is 24.3 Å². The van der Waals surface area contributed by atoms with Gasteiger partial charge in [0.25, 0.3) is 0 Å². The number of hydrogen-bond donors (Lipinski definition) is 1. The Hall–Kier alpha value is -1.02. The number of para-hydroxylation sites is 1. The maximum absolute atomic E-state index is 3.44. The average molecular weight is 232 g/mol. The van der Waals surface area contributed by atoms with E-state index >= 15 is 0 Å². The SMILES string of the molecule is CC(C)c1ccccc1N(C)CC1CCNC1. The molecule has 0 radical (unpaired) electrons. The van der Waals surface area contributed by atoms with Crippen LogP contribution in [0.25, 0.3) is 0 Å². The molecule has 0 saturated carbocycles. The predicted molar refractivity (Wildman–Crippen MR) is 74.8 cm³/mol. The van der Waals surface area contributed by atoms with Crippen molar-refractivity contribution in [1.82, 2.24) is 5.32 Å². The number of nitrogens with zero attached hydrogens (tertiary/aromatic N) is 1. The highest BCUT2D eigenvalue weighted by Gasteiger charge is 2.18. The van der Waals surface area contributed by atoms with E-state index in [0.29, 0.717) is 5.92 Å². The molecule has 1 aromatic carbocycles. The summed E-state index contributed by atoms with van der Waals surface area (Å²) >= 11 is 0. The molecule has 1 atom stereocenters. The number of hydrogen-bond acceptors (Lipinski definition) is 2. The van der Waals surface area contributed by atoms with E-state index in [4.69, 9.17) is 0 Å². The van der Waals surface area contributed by atoms with Gasteiger partial charge in [-0.1, -0.05) is 32.0 Å². The first kappa shape index (κ1) is 12.4. The minimum Gasteiger partial charge on any atom is -0.374 e. The fraction of sp³-hybridized carbons (Fsp3) is 0.600. The van der Waals surface area contributed by atoms with Crippen molar-refractivity contribution in [2.24, 2.45) is 5.92 Å². The zero-order chi connectivity index (χ0) is 12.3. The van der Waals surface area contributed by atoms with Crippen molar-refractivity contribution in [2.45, 2.75) is 26.2 Å². The second kappa shape index (κ2) is 5.54. The summed E-state index contributed by atoms with van der Waals surface area (Å²) in [7, 11) is 2.22. The van der Waals surface area contributed by atoms with E-state index in [2.05, 4.69) is 55.4 Å². The van der Waals surface area contributed by atoms with Crippen molar-refractivity contribution in [1.29, 1.82) is 0 Å². The van der Waals surface area contributed by atoms with Crippen LogP contribution >= 0.6 is 0 Å². The maximum Gasteiger partial charge on any atom is 0.0398 e. The van der Waals surface area contributed by atoms with Gasteiger partial charge in [-0.2, -0.15) is 0 Å². The van der Waals surface area contributed by atoms with Gasteiger partial charge in [-0.25, -0.2) is 0 Å². The lowest BCUT2D eigenvalue weighted by Crippen LogP contribution is -2.27. The van der Waals surface area contributed by atoms with Crippen LogP contribution in [0.3, 0.4) is 0 Å². The summed E-state index contributed by atoms with van der Waals surface area (Å²) in [6.07, 6.45) is 1.31. The molecule has 0 aromatic heterocycles. The third kappa shape index (κ3) is 3.01. The molecule has 1 fully saturated rings. The Morgan fingerprint density at radius 1 is 1.35 bits per heavy atom. The zero-order valence-electron chi connectivity index (χ0n) is 11.2. The van der Waals surface area contributed by atoms with Crippen LogP contribution in [0, 0.1) is 5.92 Å². The third-order valence-corrected chi connectivity index (χ3v) is 3.66. The molecule has 1 heterocycles. The van der Waals surface area contributed by atoms with E-state index in [1.54, 1.807) is 0 Å². The van der Waals surface area contributed by atoms with Crippen molar-refractivity contribution >= 4 is 5.69 Å². The molecule has 1 unspecified atom stereocenters. The lowest BCUT2D eigenvalue weighted by atomic mass is 10.00. The van der Waals surface area contributed by atoms with Gasteiger partial charge >= 0.3 is 0 Å². The molecule has 1 aliphatic rings. The summed E-state index contributed by atoms with van der Waals surface area (Å²) in [5, 5.41) is 3.44. The Bertz CT molecular complexity index is 354. The van der Waals surface area contributed by atoms with Gasteiger partial charge in [0.15, 0.2) is 0 Å². The normalized spacial score (nSPS) is 19.9. The number of anilines is 1. The molecule has 2 nitrogen and oxygen atoms in total. The molecule has 1 N–H and O–H groups in total. The second-order valence-electron chi connectivity index (χ2n) is 5.45. The van der Waals surface area contributed by atoms with Crippen LogP contribution in [0.1, 0.15) is 31.7 Å². The van der Waals surface area contributed by atoms with Gasteiger partial charge in [0, 0.05) is 19.3 Å². The molecule has 17 heavy (non-hydrogen) atoms. The third-order valence-electron chi connectivity index (χ3n) is 3.66. The van der Waals surface area contributed by atoms with Crippen LogP contribution in [-0.2, 0) is 0 Å². The quantitative estimate of drug-likeness (QED) is 0.858. The monoisotopic (exact) mass is 232 g/mol. The van der Waals surface area contributed by atoms with Crippen molar-refractivity contribution < 1.29 is 0 Å². The van der Waals surface area contributed by atoms with E-state index in [1.165, 1.54) is 30.8 Å². The summed E-state index contributed by atoms with van der Waals surface area (Å²) < 4.78 is 0. The fourth-order valence-electron chi connectivity index (χ4n) is 2.68. The van der Waals surface area contributed by atoms with E-state index in [9.17, 15) is 0 Å². The van der Waals surface area contributed by atoms with Crippen LogP contribution in [0.5, 0.6) is 0 Å². The highest BCUT2D eigenvalue weighted by atomic mass is 15.1. The van der Waals surface area contributed by atoms with Gasteiger partial charge in [0.1, 0.15) is 0 Å². The fourth-order valence-corrected chi connectivity index (χ4v) is 2.68. The molecule has 1 aliphatic heterocycles. The van der Waals surface area contributed by atoms with Gasteiger partial charge in [-0.15, -0.1) is 0 Å². The Morgan fingerprint density at radius 2 is 2.12 bits per heavy atom.